The average Bonchev–Trinajstić information content (AvgIpc) is 3.07. The summed E-state index contributed by atoms with van der Waals surface area (Å²) in [6, 6.07) is 46.6. The quantitative estimate of drug-likeness (QED) is 0.0664. The zero-order valence-corrected chi connectivity index (χ0v) is 23.8. The summed E-state index contributed by atoms with van der Waals surface area (Å²) >= 11 is 0. The second-order valence-electron chi connectivity index (χ2n) is 10.0. The summed E-state index contributed by atoms with van der Waals surface area (Å²) in [7, 11) is 0. The van der Waals surface area contributed by atoms with Crippen molar-refractivity contribution < 1.29 is 9.47 Å². The molecule has 0 bridgehead atoms. The topological polar surface area (TPSA) is 119 Å². The number of nitrogen functional groups attached to an aromatic ring is 2. The molecule has 0 aliphatic carbocycles. The van der Waals surface area contributed by atoms with Gasteiger partial charge in [-0.2, -0.15) is 0 Å². The van der Waals surface area contributed by atoms with Crippen LogP contribution in [0.25, 0.3) is 11.1 Å². The fourth-order valence-corrected chi connectivity index (χ4v) is 4.34. The second-order valence-corrected chi connectivity index (χ2v) is 10.0. The molecule has 0 saturated heterocycles. The molecule has 6 aromatic rings. The predicted molar refractivity (Wildman–Crippen MR) is 181 cm³/mol. The van der Waals surface area contributed by atoms with E-state index in [0.717, 1.165) is 56.9 Å². The van der Waals surface area contributed by atoms with E-state index in [1.165, 1.54) is 0 Å². The van der Waals surface area contributed by atoms with Gasteiger partial charge in [-0.15, -0.1) is 0 Å². The molecule has 0 saturated carbocycles. The number of benzene rings is 6. The van der Waals surface area contributed by atoms with Crippen LogP contribution in [0.5, 0.6) is 23.0 Å². The zero-order chi connectivity index (χ0) is 30.1. The van der Waals surface area contributed by atoms with Crippen molar-refractivity contribution in [3.63, 3.8) is 0 Å². The molecule has 6 aromatic carbocycles. The van der Waals surface area contributed by atoms with Crippen molar-refractivity contribution in [3.05, 3.63) is 146 Å². The maximum atomic E-state index is 5.85. The highest BCUT2D eigenvalue weighted by atomic mass is 16.5. The van der Waals surface area contributed by atoms with Crippen LogP contribution in [0.1, 0.15) is 0 Å². The van der Waals surface area contributed by atoms with Crippen LogP contribution in [-0.4, -0.2) is 0 Å². The third kappa shape index (κ3) is 7.51. The van der Waals surface area contributed by atoms with Gasteiger partial charge in [0.15, 0.2) is 0 Å². The first-order valence-electron chi connectivity index (χ1n) is 14.1. The first-order chi connectivity index (χ1) is 21.6. The molecule has 0 atom stereocenters. The number of anilines is 6. The number of nitrogens with two attached hydrogens (primary N) is 2. The minimum Gasteiger partial charge on any atom is -0.457 e. The molecule has 218 valence electrons. The monoisotopic (exact) mass is 580 g/mol. The van der Waals surface area contributed by atoms with Crippen LogP contribution in [0.3, 0.4) is 0 Å². The minimum absolute atomic E-state index is 0.705. The van der Waals surface area contributed by atoms with E-state index in [9.17, 15) is 0 Å². The lowest BCUT2D eigenvalue weighted by molar-refractivity contribution is 0.482. The number of hydrogen-bond donors (Lipinski definition) is 6. The molecule has 0 spiro atoms. The van der Waals surface area contributed by atoms with Gasteiger partial charge >= 0.3 is 0 Å². The van der Waals surface area contributed by atoms with Crippen molar-refractivity contribution in [1.82, 2.24) is 0 Å². The maximum absolute atomic E-state index is 5.85. The van der Waals surface area contributed by atoms with Gasteiger partial charge < -0.3 is 42.6 Å². The number of hydrogen-bond acceptors (Lipinski definition) is 8. The van der Waals surface area contributed by atoms with E-state index in [0.29, 0.717) is 11.4 Å². The Labute approximate surface area is 256 Å². The van der Waals surface area contributed by atoms with Crippen molar-refractivity contribution >= 4 is 34.1 Å². The molecule has 0 radical (unpaired) electrons. The Hall–Kier alpha value is -6.28. The molecule has 0 aliphatic rings. The molecule has 0 unspecified atom stereocenters. The summed E-state index contributed by atoms with van der Waals surface area (Å²) in [5.74, 6) is 2.97. The van der Waals surface area contributed by atoms with E-state index < -0.39 is 0 Å². The van der Waals surface area contributed by atoms with Crippen molar-refractivity contribution in [1.29, 1.82) is 0 Å². The smallest absolute Gasteiger partial charge is 0.127 e. The summed E-state index contributed by atoms with van der Waals surface area (Å²) in [6.45, 7) is 0. The highest BCUT2D eigenvalue weighted by Gasteiger charge is 2.02. The Morgan fingerprint density at radius 3 is 0.795 bits per heavy atom. The van der Waals surface area contributed by atoms with E-state index in [1.807, 2.05) is 121 Å². The van der Waals surface area contributed by atoms with Crippen LogP contribution in [-0.2, 0) is 0 Å². The van der Waals surface area contributed by atoms with Crippen LogP contribution in [0, 0.1) is 0 Å². The van der Waals surface area contributed by atoms with Crippen LogP contribution in [0.2, 0.25) is 0 Å². The predicted octanol–water partition coefficient (Wildman–Crippen LogP) is 8.98. The molecule has 8 heteroatoms. The van der Waals surface area contributed by atoms with Crippen molar-refractivity contribution in [2.45, 2.75) is 0 Å². The Morgan fingerprint density at radius 2 is 0.523 bits per heavy atom. The Kier molecular flexibility index (Phi) is 8.32. The highest BCUT2D eigenvalue weighted by Crippen LogP contribution is 2.27. The van der Waals surface area contributed by atoms with Gasteiger partial charge in [0.1, 0.15) is 23.0 Å². The van der Waals surface area contributed by atoms with Crippen molar-refractivity contribution in [2.24, 2.45) is 0 Å². The Balaban J connectivity index is 0.964. The summed E-state index contributed by atoms with van der Waals surface area (Å²) in [5, 5.41) is 0. The highest BCUT2D eigenvalue weighted by molar-refractivity contribution is 5.69. The molecule has 0 amide bonds. The van der Waals surface area contributed by atoms with E-state index in [1.54, 1.807) is 0 Å². The molecule has 0 fully saturated rings. The lowest BCUT2D eigenvalue weighted by Crippen LogP contribution is -2.08. The normalized spacial score (nSPS) is 10.5. The molecule has 0 aliphatic heterocycles. The Morgan fingerprint density at radius 1 is 0.295 bits per heavy atom. The largest absolute Gasteiger partial charge is 0.457 e. The van der Waals surface area contributed by atoms with E-state index in [4.69, 9.17) is 20.9 Å². The number of ether oxygens (including phenoxy) is 2. The third-order valence-electron chi connectivity index (χ3n) is 6.75. The fourth-order valence-electron chi connectivity index (χ4n) is 4.34. The lowest BCUT2D eigenvalue weighted by Gasteiger charge is -2.13. The van der Waals surface area contributed by atoms with Crippen LogP contribution >= 0.6 is 0 Å². The van der Waals surface area contributed by atoms with Gasteiger partial charge in [-0.1, -0.05) is 24.3 Å². The molecule has 0 aromatic heterocycles. The average molecular weight is 581 g/mol. The molecule has 8 N–H and O–H groups in total. The molecular weight excluding hydrogens is 548 g/mol. The molecule has 44 heavy (non-hydrogen) atoms. The van der Waals surface area contributed by atoms with E-state index >= 15 is 0 Å². The van der Waals surface area contributed by atoms with Gasteiger partial charge in [-0.05, 0) is 132 Å². The second kappa shape index (κ2) is 13.1. The van der Waals surface area contributed by atoms with E-state index in [2.05, 4.69) is 46.0 Å². The van der Waals surface area contributed by atoms with Gasteiger partial charge in [0.25, 0.3) is 0 Å². The first-order valence-corrected chi connectivity index (χ1v) is 14.1. The lowest BCUT2D eigenvalue weighted by atomic mass is 10.1. The summed E-state index contributed by atoms with van der Waals surface area (Å²) < 4.78 is 11.7. The van der Waals surface area contributed by atoms with Gasteiger partial charge in [-0.25, -0.2) is 0 Å². The zero-order valence-electron chi connectivity index (χ0n) is 23.8. The van der Waals surface area contributed by atoms with Crippen molar-refractivity contribution in [3.8, 4) is 34.1 Å². The molecular formula is C36H32N6O2. The SMILES string of the molecule is Nc1ccc(Oc2ccc(NNc3ccc(-c4ccc(NNc5ccc(Oc6ccc(N)cc6)cc5)cc4)cc3)cc2)cc1. The third-order valence-corrected chi connectivity index (χ3v) is 6.75. The van der Waals surface area contributed by atoms with Gasteiger partial charge in [0, 0.05) is 11.4 Å². The molecule has 8 nitrogen and oxygen atoms in total. The van der Waals surface area contributed by atoms with E-state index in [-0.39, 0.29) is 0 Å². The van der Waals surface area contributed by atoms with Gasteiger partial charge in [0.2, 0.25) is 0 Å². The number of nitrogens with one attached hydrogen (secondary N) is 4. The summed E-state index contributed by atoms with van der Waals surface area (Å²) in [6.07, 6.45) is 0. The van der Waals surface area contributed by atoms with Crippen molar-refractivity contribution in [2.75, 3.05) is 33.2 Å². The van der Waals surface area contributed by atoms with Crippen LogP contribution < -0.4 is 42.6 Å². The standard InChI is InChI=1S/C36H32N6O2/c37-27-5-17-33(18-6-27)43-35-21-13-31(14-22-35)41-39-29-9-1-25(2-10-29)26-3-11-30(12-4-26)40-42-32-15-23-36(24-16-32)44-34-19-7-28(38)8-20-34/h1-24,39-42H,37-38H2. The maximum Gasteiger partial charge on any atom is 0.127 e. The summed E-state index contributed by atoms with van der Waals surface area (Å²) in [4.78, 5) is 0. The van der Waals surface area contributed by atoms with Crippen LogP contribution in [0.15, 0.2) is 146 Å². The number of hydrazine groups is 2. The summed E-state index contributed by atoms with van der Waals surface area (Å²) in [5.41, 5.74) is 31.8. The minimum atomic E-state index is 0.705. The molecule has 6 rings (SSSR count). The fraction of sp³-hybridized carbons (Fsp3) is 0. The first kappa shape index (κ1) is 27.9. The van der Waals surface area contributed by atoms with Gasteiger partial charge in [0.05, 0.1) is 22.7 Å². The van der Waals surface area contributed by atoms with Crippen LogP contribution in [0.4, 0.5) is 34.1 Å². The van der Waals surface area contributed by atoms with Gasteiger partial charge in [-0.3, -0.25) is 0 Å². The molecule has 0 heterocycles. The Bertz CT molecular complexity index is 1640. The number of rotatable bonds is 11.